The molecule has 4 rings (SSSR count). The molecule has 1 fully saturated rings. The number of fused-ring (bicyclic) bond motifs is 1. The zero-order valence-corrected chi connectivity index (χ0v) is 14.5. The minimum Gasteiger partial charge on any atom is -0.480 e. The number of anilines is 1. The van der Waals surface area contributed by atoms with Gasteiger partial charge in [-0.05, 0) is 37.1 Å². The number of pyridine rings is 1. The number of hydrogen-bond donors (Lipinski definition) is 0. The van der Waals surface area contributed by atoms with Crippen LogP contribution in [0, 0.1) is 6.92 Å². The summed E-state index contributed by atoms with van der Waals surface area (Å²) in [6.07, 6.45) is 3.13. The Morgan fingerprint density at radius 3 is 2.88 bits per heavy atom. The third-order valence-corrected chi connectivity index (χ3v) is 4.98. The maximum absolute atomic E-state index is 12.9. The third-order valence-electron chi connectivity index (χ3n) is 4.98. The van der Waals surface area contributed by atoms with Crippen molar-refractivity contribution >= 4 is 11.6 Å². The normalized spacial score (nSPS) is 20.0. The van der Waals surface area contributed by atoms with Crippen molar-refractivity contribution in [3.8, 4) is 5.75 Å². The first-order chi connectivity index (χ1) is 12.2. The van der Waals surface area contributed by atoms with E-state index in [1.807, 2.05) is 48.4 Å². The molecule has 0 saturated carbocycles. The molecule has 5 heteroatoms. The number of benzene rings is 1. The Morgan fingerprint density at radius 1 is 1.16 bits per heavy atom. The van der Waals surface area contributed by atoms with Crippen LogP contribution in [0.15, 0.2) is 42.6 Å². The van der Waals surface area contributed by atoms with Crippen LogP contribution >= 0.6 is 0 Å². The van der Waals surface area contributed by atoms with Gasteiger partial charge in [0.05, 0.1) is 0 Å². The van der Waals surface area contributed by atoms with Gasteiger partial charge in [0.25, 0.3) is 5.91 Å². The topological polar surface area (TPSA) is 45.7 Å². The largest absolute Gasteiger partial charge is 0.480 e. The van der Waals surface area contributed by atoms with Crippen LogP contribution in [0.4, 0.5) is 5.69 Å². The molecule has 1 amide bonds. The zero-order valence-electron chi connectivity index (χ0n) is 14.5. The van der Waals surface area contributed by atoms with Crippen LogP contribution in [-0.2, 0) is 11.2 Å². The number of para-hydroxylation sites is 1. The van der Waals surface area contributed by atoms with Crippen LogP contribution in [0.1, 0.15) is 17.7 Å². The number of aromatic nitrogens is 1. The van der Waals surface area contributed by atoms with Gasteiger partial charge in [0.2, 0.25) is 0 Å². The Hall–Kier alpha value is -2.56. The van der Waals surface area contributed by atoms with Gasteiger partial charge in [-0.1, -0.05) is 18.2 Å². The molecule has 0 aliphatic carbocycles. The molecule has 0 spiro atoms. The van der Waals surface area contributed by atoms with Crippen LogP contribution in [0.25, 0.3) is 0 Å². The number of aryl methyl sites for hydroxylation is 1. The summed E-state index contributed by atoms with van der Waals surface area (Å²) in [7, 11) is 0. The monoisotopic (exact) mass is 337 g/mol. The predicted octanol–water partition coefficient (Wildman–Crippen LogP) is 2.43. The summed E-state index contributed by atoms with van der Waals surface area (Å²) >= 11 is 0. The summed E-state index contributed by atoms with van der Waals surface area (Å²) < 4.78 is 5.88. The maximum Gasteiger partial charge on any atom is 0.264 e. The second-order valence-corrected chi connectivity index (χ2v) is 6.74. The van der Waals surface area contributed by atoms with Gasteiger partial charge < -0.3 is 14.5 Å². The molecular formula is C20H23N3O2. The fraction of sp³-hybridized carbons (Fsp3) is 0.400. The van der Waals surface area contributed by atoms with Crippen molar-refractivity contribution in [1.82, 2.24) is 9.88 Å². The van der Waals surface area contributed by atoms with E-state index in [0.29, 0.717) is 6.42 Å². The number of hydrogen-bond acceptors (Lipinski definition) is 4. The van der Waals surface area contributed by atoms with E-state index in [-0.39, 0.29) is 12.0 Å². The summed E-state index contributed by atoms with van der Waals surface area (Å²) in [6.45, 7) is 5.33. The maximum atomic E-state index is 12.9. The lowest BCUT2D eigenvalue weighted by Crippen LogP contribution is -2.43. The molecule has 3 heterocycles. The third kappa shape index (κ3) is 3.31. The lowest BCUT2D eigenvalue weighted by molar-refractivity contribution is -0.137. The molecule has 0 radical (unpaired) electrons. The van der Waals surface area contributed by atoms with Crippen molar-refractivity contribution in [3.63, 3.8) is 0 Å². The highest BCUT2D eigenvalue weighted by Crippen LogP contribution is 2.29. The van der Waals surface area contributed by atoms with E-state index in [9.17, 15) is 4.79 Å². The van der Waals surface area contributed by atoms with Gasteiger partial charge in [-0.15, -0.1) is 0 Å². The van der Waals surface area contributed by atoms with Gasteiger partial charge in [-0.3, -0.25) is 9.78 Å². The van der Waals surface area contributed by atoms with E-state index in [1.54, 1.807) is 0 Å². The quantitative estimate of drug-likeness (QED) is 0.844. The molecule has 5 nitrogen and oxygen atoms in total. The van der Waals surface area contributed by atoms with Crippen molar-refractivity contribution in [3.05, 3.63) is 53.9 Å². The summed E-state index contributed by atoms with van der Waals surface area (Å²) in [5, 5.41) is 0. The average molecular weight is 337 g/mol. The van der Waals surface area contributed by atoms with Gasteiger partial charge >= 0.3 is 0 Å². The molecule has 0 N–H and O–H groups in total. The first kappa shape index (κ1) is 15.9. The fourth-order valence-corrected chi connectivity index (χ4v) is 3.65. The van der Waals surface area contributed by atoms with Crippen LogP contribution < -0.4 is 9.64 Å². The SMILES string of the molecule is Cc1cc(N2CCCN(C(=O)C3Cc4ccccc4O3)CC2)ccn1. The van der Waals surface area contributed by atoms with E-state index in [2.05, 4.69) is 16.0 Å². The Morgan fingerprint density at radius 2 is 2.04 bits per heavy atom. The van der Waals surface area contributed by atoms with Gasteiger partial charge in [-0.2, -0.15) is 0 Å². The van der Waals surface area contributed by atoms with Crippen molar-refractivity contribution in [2.24, 2.45) is 0 Å². The molecule has 2 aromatic rings. The van der Waals surface area contributed by atoms with Crippen molar-refractivity contribution in [2.75, 3.05) is 31.1 Å². The Balaban J connectivity index is 1.40. The first-order valence-corrected chi connectivity index (χ1v) is 8.92. The lowest BCUT2D eigenvalue weighted by Gasteiger charge is -2.25. The first-order valence-electron chi connectivity index (χ1n) is 8.92. The average Bonchev–Trinajstić information content (AvgIpc) is 2.90. The Kier molecular flexibility index (Phi) is 4.30. The van der Waals surface area contributed by atoms with E-state index in [4.69, 9.17) is 4.74 Å². The smallest absolute Gasteiger partial charge is 0.264 e. The highest BCUT2D eigenvalue weighted by Gasteiger charge is 2.32. The molecule has 1 aromatic heterocycles. The molecule has 0 bridgehead atoms. The molecule has 130 valence electrons. The minimum atomic E-state index is -0.368. The van der Waals surface area contributed by atoms with Gasteiger partial charge in [0.1, 0.15) is 5.75 Å². The minimum absolute atomic E-state index is 0.115. The molecule has 1 atom stereocenters. The highest BCUT2D eigenvalue weighted by molar-refractivity contribution is 5.82. The summed E-state index contributed by atoms with van der Waals surface area (Å²) in [5.41, 5.74) is 3.34. The number of carbonyl (C=O) groups excluding carboxylic acids is 1. The summed E-state index contributed by atoms with van der Waals surface area (Å²) in [6, 6.07) is 12.1. The molecule has 1 aromatic carbocycles. The van der Waals surface area contributed by atoms with Crippen molar-refractivity contribution in [1.29, 1.82) is 0 Å². The number of carbonyl (C=O) groups is 1. The molecule has 2 aliphatic heterocycles. The van der Waals surface area contributed by atoms with E-state index >= 15 is 0 Å². The molecular weight excluding hydrogens is 314 g/mol. The predicted molar refractivity (Wildman–Crippen MR) is 96.9 cm³/mol. The van der Waals surface area contributed by atoms with Crippen molar-refractivity contribution in [2.45, 2.75) is 25.9 Å². The number of rotatable bonds is 2. The Labute approximate surface area is 148 Å². The second kappa shape index (κ2) is 6.75. The van der Waals surface area contributed by atoms with E-state index < -0.39 is 0 Å². The van der Waals surface area contributed by atoms with Crippen LogP contribution in [-0.4, -0.2) is 48.1 Å². The van der Waals surface area contributed by atoms with Gasteiger partial charge in [0.15, 0.2) is 6.10 Å². The number of amides is 1. The van der Waals surface area contributed by atoms with Gasteiger partial charge in [-0.25, -0.2) is 0 Å². The van der Waals surface area contributed by atoms with E-state index in [1.165, 1.54) is 5.69 Å². The molecule has 2 aliphatic rings. The fourth-order valence-electron chi connectivity index (χ4n) is 3.65. The molecule has 25 heavy (non-hydrogen) atoms. The highest BCUT2D eigenvalue weighted by atomic mass is 16.5. The van der Waals surface area contributed by atoms with Crippen LogP contribution in [0.3, 0.4) is 0 Å². The second-order valence-electron chi connectivity index (χ2n) is 6.74. The van der Waals surface area contributed by atoms with Crippen molar-refractivity contribution < 1.29 is 9.53 Å². The summed E-state index contributed by atoms with van der Waals surface area (Å²) in [5.74, 6) is 0.966. The standard InChI is InChI=1S/C20H23N3O2/c1-15-13-17(7-8-21-15)22-9-4-10-23(12-11-22)20(24)19-14-16-5-2-3-6-18(16)25-19/h2-3,5-8,13,19H,4,9-12,14H2,1H3. The lowest BCUT2D eigenvalue weighted by atomic mass is 10.1. The number of nitrogens with zero attached hydrogens (tertiary/aromatic N) is 3. The Bertz CT molecular complexity index is 752. The molecule has 1 unspecified atom stereocenters. The summed E-state index contributed by atoms with van der Waals surface area (Å²) in [4.78, 5) is 21.5. The van der Waals surface area contributed by atoms with Crippen LogP contribution in [0.2, 0.25) is 0 Å². The van der Waals surface area contributed by atoms with Crippen LogP contribution in [0.5, 0.6) is 5.75 Å². The van der Waals surface area contributed by atoms with E-state index in [0.717, 1.165) is 49.6 Å². The molecule has 1 saturated heterocycles. The zero-order chi connectivity index (χ0) is 17.2. The van der Waals surface area contributed by atoms with Gasteiger partial charge in [0, 0.05) is 50.2 Å². The number of ether oxygens (including phenoxy) is 1.